The number of rotatable bonds is 5. The molecule has 0 radical (unpaired) electrons. The third-order valence-electron chi connectivity index (χ3n) is 2.12. The molecule has 0 fully saturated rings. The van der Waals surface area contributed by atoms with Gasteiger partial charge >= 0.3 is 0 Å². The van der Waals surface area contributed by atoms with Gasteiger partial charge in [-0.25, -0.2) is 0 Å². The van der Waals surface area contributed by atoms with Crippen LogP contribution in [0.4, 0.5) is 5.69 Å². The van der Waals surface area contributed by atoms with Crippen molar-refractivity contribution in [3.63, 3.8) is 0 Å². The minimum absolute atomic E-state index is 0.734. The molecule has 15 heavy (non-hydrogen) atoms. The van der Waals surface area contributed by atoms with E-state index < -0.39 is 10.8 Å². The molecule has 0 bridgehead atoms. The molecule has 1 aromatic carbocycles. The Balaban J connectivity index is 2.65. The van der Waals surface area contributed by atoms with Crippen LogP contribution in [0.25, 0.3) is 0 Å². The fourth-order valence-electron chi connectivity index (χ4n) is 1.37. The van der Waals surface area contributed by atoms with E-state index in [0.29, 0.717) is 0 Å². The quantitative estimate of drug-likeness (QED) is 0.638. The maximum atomic E-state index is 11.9. The molecule has 0 saturated heterocycles. The standard InChI is InChI=1S/C11H17NOS2/c1-9-8-10(12)4-5-11(9)15(13)7-3-6-14-2/h4-5,8H,3,6-7,12H2,1-2H3. The van der Waals surface area contributed by atoms with Crippen LogP contribution >= 0.6 is 11.8 Å². The molecule has 0 amide bonds. The highest BCUT2D eigenvalue weighted by molar-refractivity contribution is 7.98. The van der Waals surface area contributed by atoms with E-state index >= 15 is 0 Å². The summed E-state index contributed by atoms with van der Waals surface area (Å²) in [7, 11) is -0.874. The van der Waals surface area contributed by atoms with Gasteiger partial charge in [0, 0.05) is 16.3 Å². The number of anilines is 1. The predicted octanol–water partition coefficient (Wildman–Crippen LogP) is 2.44. The van der Waals surface area contributed by atoms with Gasteiger partial charge < -0.3 is 5.73 Å². The summed E-state index contributed by atoms with van der Waals surface area (Å²) in [5.41, 5.74) is 7.41. The SMILES string of the molecule is CSCCCS(=O)c1ccc(N)cc1C. The summed E-state index contributed by atoms with van der Waals surface area (Å²) in [6, 6.07) is 5.57. The highest BCUT2D eigenvalue weighted by Gasteiger charge is 2.06. The van der Waals surface area contributed by atoms with Crippen molar-refractivity contribution in [2.75, 3.05) is 23.5 Å². The Bertz CT molecular complexity index is 352. The van der Waals surface area contributed by atoms with E-state index in [1.807, 2.05) is 25.1 Å². The number of thioether (sulfide) groups is 1. The molecule has 1 atom stereocenters. The molecule has 1 aromatic rings. The first-order valence-electron chi connectivity index (χ1n) is 4.88. The fraction of sp³-hybridized carbons (Fsp3) is 0.455. The summed E-state index contributed by atoms with van der Waals surface area (Å²) < 4.78 is 11.9. The first-order valence-corrected chi connectivity index (χ1v) is 7.60. The number of nitrogens with two attached hydrogens (primary N) is 1. The first-order chi connectivity index (χ1) is 7.15. The molecule has 0 aliphatic carbocycles. The molecule has 1 rings (SSSR count). The number of nitrogen functional groups attached to an aromatic ring is 1. The Labute approximate surface area is 98.1 Å². The normalized spacial score (nSPS) is 12.7. The molecular formula is C11H17NOS2. The summed E-state index contributed by atoms with van der Waals surface area (Å²) >= 11 is 1.79. The molecule has 0 heterocycles. The average Bonchev–Trinajstić information content (AvgIpc) is 2.17. The van der Waals surface area contributed by atoms with Gasteiger partial charge in [-0.05, 0) is 49.1 Å². The Morgan fingerprint density at radius 1 is 1.47 bits per heavy atom. The van der Waals surface area contributed by atoms with Gasteiger partial charge in [0.2, 0.25) is 0 Å². The predicted molar refractivity (Wildman–Crippen MR) is 69.9 cm³/mol. The van der Waals surface area contributed by atoms with Crippen molar-refractivity contribution < 1.29 is 4.21 Å². The van der Waals surface area contributed by atoms with E-state index in [2.05, 4.69) is 6.26 Å². The lowest BCUT2D eigenvalue weighted by Crippen LogP contribution is -2.02. The van der Waals surface area contributed by atoms with Crippen LogP contribution < -0.4 is 5.73 Å². The Morgan fingerprint density at radius 2 is 2.20 bits per heavy atom. The maximum absolute atomic E-state index is 11.9. The minimum Gasteiger partial charge on any atom is -0.399 e. The average molecular weight is 243 g/mol. The second-order valence-electron chi connectivity index (χ2n) is 3.42. The molecule has 2 nitrogen and oxygen atoms in total. The number of hydrogen-bond donors (Lipinski definition) is 1. The van der Waals surface area contributed by atoms with Crippen molar-refractivity contribution in [3.05, 3.63) is 23.8 Å². The number of aryl methyl sites for hydroxylation is 1. The van der Waals surface area contributed by atoms with Crippen LogP contribution in [0, 0.1) is 6.92 Å². The molecular weight excluding hydrogens is 226 g/mol. The highest BCUT2D eigenvalue weighted by Crippen LogP contribution is 2.17. The van der Waals surface area contributed by atoms with E-state index in [-0.39, 0.29) is 0 Å². The first kappa shape index (κ1) is 12.6. The monoisotopic (exact) mass is 243 g/mol. The van der Waals surface area contributed by atoms with Crippen LogP contribution in [0.2, 0.25) is 0 Å². The molecule has 2 N–H and O–H groups in total. The zero-order chi connectivity index (χ0) is 11.3. The van der Waals surface area contributed by atoms with Crippen LogP contribution in [0.1, 0.15) is 12.0 Å². The van der Waals surface area contributed by atoms with Gasteiger partial charge in [0.05, 0.1) is 10.8 Å². The molecule has 84 valence electrons. The summed E-state index contributed by atoms with van der Waals surface area (Å²) in [5, 5.41) is 0. The third kappa shape index (κ3) is 3.87. The lowest BCUT2D eigenvalue weighted by atomic mass is 10.2. The van der Waals surface area contributed by atoms with Crippen molar-refractivity contribution in [2.24, 2.45) is 0 Å². The van der Waals surface area contributed by atoms with Crippen molar-refractivity contribution in [2.45, 2.75) is 18.2 Å². The smallest absolute Gasteiger partial charge is 0.0532 e. The van der Waals surface area contributed by atoms with Crippen LogP contribution in [-0.2, 0) is 10.8 Å². The van der Waals surface area contributed by atoms with Crippen LogP contribution in [0.5, 0.6) is 0 Å². The summed E-state index contributed by atoms with van der Waals surface area (Å²) in [6.07, 6.45) is 3.06. The minimum atomic E-state index is -0.874. The van der Waals surface area contributed by atoms with Gasteiger partial charge in [-0.2, -0.15) is 11.8 Å². The molecule has 0 aliphatic rings. The van der Waals surface area contributed by atoms with Crippen molar-refractivity contribution in [1.82, 2.24) is 0 Å². The van der Waals surface area contributed by atoms with E-state index in [9.17, 15) is 4.21 Å². The fourth-order valence-corrected chi connectivity index (χ4v) is 3.25. The molecule has 0 saturated carbocycles. The summed E-state index contributed by atoms with van der Waals surface area (Å²) in [5.74, 6) is 1.81. The molecule has 0 aromatic heterocycles. The largest absolute Gasteiger partial charge is 0.399 e. The lowest BCUT2D eigenvalue weighted by Gasteiger charge is -2.06. The topological polar surface area (TPSA) is 43.1 Å². The van der Waals surface area contributed by atoms with Gasteiger partial charge in [-0.15, -0.1) is 0 Å². The van der Waals surface area contributed by atoms with E-state index in [1.54, 1.807) is 11.8 Å². The Kier molecular flexibility index (Phi) is 5.19. The molecule has 0 spiro atoms. The third-order valence-corrected chi connectivity index (χ3v) is 4.43. The van der Waals surface area contributed by atoms with Crippen LogP contribution in [0.3, 0.4) is 0 Å². The summed E-state index contributed by atoms with van der Waals surface area (Å²) in [6.45, 7) is 1.96. The van der Waals surface area contributed by atoms with Crippen molar-refractivity contribution in [3.8, 4) is 0 Å². The molecule has 1 unspecified atom stereocenters. The zero-order valence-electron chi connectivity index (χ0n) is 9.16. The van der Waals surface area contributed by atoms with Gasteiger partial charge in [0.1, 0.15) is 0 Å². The Hall–Kier alpha value is -0.480. The van der Waals surface area contributed by atoms with E-state index in [4.69, 9.17) is 5.73 Å². The molecule has 4 heteroatoms. The second kappa shape index (κ2) is 6.18. The van der Waals surface area contributed by atoms with Crippen LogP contribution in [-0.4, -0.2) is 22.0 Å². The maximum Gasteiger partial charge on any atom is 0.0532 e. The Morgan fingerprint density at radius 3 is 2.80 bits per heavy atom. The number of hydrogen-bond acceptors (Lipinski definition) is 3. The lowest BCUT2D eigenvalue weighted by molar-refractivity contribution is 0.681. The van der Waals surface area contributed by atoms with Gasteiger partial charge in [-0.3, -0.25) is 4.21 Å². The van der Waals surface area contributed by atoms with Gasteiger partial charge in [0.25, 0.3) is 0 Å². The van der Waals surface area contributed by atoms with Crippen molar-refractivity contribution in [1.29, 1.82) is 0 Å². The summed E-state index contributed by atoms with van der Waals surface area (Å²) in [4.78, 5) is 0.922. The van der Waals surface area contributed by atoms with Crippen molar-refractivity contribution >= 4 is 28.2 Å². The highest BCUT2D eigenvalue weighted by atomic mass is 32.2. The van der Waals surface area contributed by atoms with E-state index in [1.165, 1.54) is 0 Å². The van der Waals surface area contributed by atoms with Gasteiger partial charge in [0.15, 0.2) is 0 Å². The second-order valence-corrected chi connectivity index (χ2v) is 5.95. The zero-order valence-corrected chi connectivity index (χ0v) is 10.8. The number of benzene rings is 1. The van der Waals surface area contributed by atoms with E-state index in [0.717, 1.165) is 34.1 Å². The van der Waals surface area contributed by atoms with Gasteiger partial charge in [-0.1, -0.05) is 0 Å². The molecule has 0 aliphatic heterocycles. The van der Waals surface area contributed by atoms with Crippen LogP contribution in [0.15, 0.2) is 23.1 Å².